The maximum Gasteiger partial charge on any atom is 0.131 e. The highest BCUT2D eigenvalue weighted by Crippen LogP contribution is 2.21. The molecule has 0 atom stereocenters. The Kier molecular flexibility index (Phi) is 5.84. The lowest BCUT2D eigenvalue weighted by atomic mass is 10.1. The molecule has 0 bridgehead atoms. The Balaban J connectivity index is 1.97. The van der Waals surface area contributed by atoms with E-state index >= 15 is 0 Å². The van der Waals surface area contributed by atoms with Crippen LogP contribution in [0.15, 0.2) is 12.3 Å². The normalized spacial score (nSPS) is 16.5. The lowest BCUT2D eigenvalue weighted by Gasteiger charge is -2.23. The van der Waals surface area contributed by atoms with Crippen LogP contribution in [0.4, 0.5) is 5.82 Å². The van der Waals surface area contributed by atoms with Gasteiger partial charge in [-0.15, -0.1) is 0 Å². The number of hydrogen-bond donors (Lipinski definition) is 1. The molecule has 20 heavy (non-hydrogen) atoms. The molecule has 1 aromatic heterocycles. The van der Waals surface area contributed by atoms with E-state index in [1.165, 1.54) is 55.7 Å². The van der Waals surface area contributed by atoms with E-state index in [0.717, 1.165) is 13.1 Å². The fraction of sp³-hybridized carbons (Fsp3) is 0.706. The van der Waals surface area contributed by atoms with Gasteiger partial charge in [0.05, 0.1) is 0 Å². The largest absolute Gasteiger partial charge is 0.356 e. The molecule has 0 saturated carbocycles. The first-order chi connectivity index (χ1) is 9.66. The van der Waals surface area contributed by atoms with Gasteiger partial charge in [0.25, 0.3) is 0 Å². The Morgan fingerprint density at radius 1 is 1.20 bits per heavy atom. The zero-order chi connectivity index (χ0) is 14.4. The minimum Gasteiger partial charge on any atom is -0.356 e. The molecule has 0 amide bonds. The molecular formula is C17H29N3. The van der Waals surface area contributed by atoms with Crippen molar-refractivity contribution in [2.75, 3.05) is 24.5 Å². The van der Waals surface area contributed by atoms with Crippen molar-refractivity contribution in [2.24, 2.45) is 5.92 Å². The van der Waals surface area contributed by atoms with E-state index in [0.29, 0.717) is 5.92 Å². The Morgan fingerprint density at radius 2 is 1.90 bits per heavy atom. The molecule has 0 radical (unpaired) electrons. The van der Waals surface area contributed by atoms with Crippen LogP contribution in [0.5, 0.6) is 0 Å². The van der Waals surface area contributed by atoms with Crippen molar-refractivity contribution in [3.63, 3.8) is 0 Å². The van der Waals surface area contributed by atoms with Crippen molar-refractivity contribution >= 4 is 5.82 Å². The predicted octanol–water partition coefficient (Wildman–Crippen LogP) is 3.52. The summed E-state index contributed by atoms with van der Waals surface area (Å²) in [4.78, 5) is 7.19. The van der Waals surface area contributed by atoms with Gasteiger partial charge in [-0.25, -0.2) is 4.98 Å². The molecule has 0 spiro atoms. The van der Waals surface area contributed by atoms with Gasteiger partial charge >= 0.3 is 0 Å². The number of pyridine rings is 1. The Bertz CT molecular complexity index is 407. The molecule has 0 aromatic carbocycles. The number of anilines is 1. The van der Waals surface area contributed by atoms with Crippen molar-refractivity contribution in [3.05, 3.63) is 23.4 Å². The number of nitrogens with zero attached hydrogens (tertiary/aromatic N) is 2. The van der Waals surface area contributed by atoms with Crippen LogP contribution in [0.25, 0.3) is 0 Å². The first-order valence-corrected chi connectivity index (χ1v) is 8.08. The quantitative estimate of drug-likeness (QED) is 0.891. The highest BCUT2D eigenvalue weighted by atomic mass is 15.2. The minimum absolute atomic E-state index is 0.695. The van der Waals surface area contributed by atoms with Crippen molar-refractivity contribution in [2.45, 2.75) is 53.0 Å². The lowest BCUT2D eigenvalue weighted by molar-refractivity contribution is 0.551. The summed E-state index contributed by atoms with van der Waals surface area (Å²) in [7, 11) is 0. The highest BCUT2D eigenvalue weighted by molar-refractivity contribution is 5.47. The van der Waals surface area contributed by atoms with Crippen LogP contribution in [-0.4, -0.2) is 24.6 Å². The zero-order valence-electron chi connectivity index (χ0n) is 13.3. The van der Waals surface area contributed by atoms with Gasteiger partial charge in [0.2, 0.25) is 0 Å². The molecule has 112 valence electrons. The van der Waals surface area contributed by atoms with Gasteiger partial charge < -0.3 is 10.2 Å². The topological polar surface area (TPSA) is 28.2 Å². The SMILES string of the molecule is Cc1cc(CNCC(C)C)cnc1N1CCCCCC1. The third-order valence-corrected chi connectivity index (χ3v) is 3.89. The molecule has 1 aromatic rings. The van der Waals surface area contributed by atoms with Crippen LogP contribution < -0.4 is 10.2 Å². The summed E-state index contributed by atoms with van der Waals surface area (Å²) in [6.07, 6.45) is 7.39. The van der Waals surface area contributed by atoms with Crippen molar-refractivity contribution in [1.82, 2.24) is 10.3 Å². The summed E-state index contributed by atoms with van der Waals surface area (Å²) in [6, 6.07) is 2.29. The maximum absolute atomic E-state index is 4.73. The molecular weight excluding hydrogens is 246 g/mol. The van der Waals surface area contributed by atoms with Crippen molar-refractivity contribution in [3.8, 4) is 0 Å². The van der Waals surface area contributed by atoms with Gasteiger partial charge in [-0.1, -0.05) is 26.7 Å². The number of rotatable bonds is 5. The molecule has 2 heterocycles. The molecule has 1 N–H and O–H groups in total. The van der Waals surface area contributed by atoms with Crippen molar-refractivity contribution < 1.29 is 0 Å². The van der Waals surface area contributed by atoms with Crippen LogP contribution in [0.2, 0.25) is 0 Å². The zero-order valence-corrected chi connectivity index (χ0v) is 13.3. The molecule has 3 nitrogen and oxygen atoms in total. The molecule has 1 aliphatic rings. The number of aryl methyl sites for hydroxylation is 1. The first kappa shape index (κ1) is 15.3. The maximum atomic E-state index is 4.73. The van der Waals surface area contributed by atoms with E-state index in [1.807, 2.05) is 6.20 Å². The second-order valence-electron chi connectivity index (χ2n) is 6.41. The fourth-order valence-corrected chi connectivity index (χ4v) is 2.84. The van der Waals surface area contributed by atoms with Crippen LogP contribution >= 0.6 is 0 Å². The molecule has 2 rings (SSSR count). The molecule has 1 aliphatic heterocycles. The summed E-state index contributed by atoms with van der Waals surface area (Å²) in [5.74, 6) is 1.89. The van der Waals surface area contributed by atoms with Gasteiger partial charge in [0.15, 0.2) is 0 Å². The summed E-state index contributed by atoms with van der Waals surface area (Å²) >= 11 is 0. The smallest absolute Gasteiger partial charge is 0.131 e. The molecule has 0 unspecified atom stereocenters. The standard InChI is InChI=1S/C17H29N3/c1-14(2)11-18-12-16-10-15(3)17(19-13-16)20-8-6-4-5-7-9-20/h10,13-14,18H,4-9,11-12H2,1-3H3. The lowest BCUT2D eigenvalue weighted by Crippen LogP contribution is -2.26. The third kappa shape index (κ3) is 4.48. The summed E-state index contributed by atoms with van der Waals surface area (Å²) < 4.78 is 0. The Labute approximate surface area is 123 Å². The van der Waals surface area contributed by atoms with Gasteiger partial charge in [-0.3, -0.25) is 0 Å². The average molecular weight is 275 g/mol. The molecule has 3 heteroatoms. The minimum atomic E-state index is 0.695. The van der Waals surface area contributed by atoms with E-state index in [-0.39, 0.29) is 0 Å². The second kappa shape index (κ2) is 7.63. The molecule has 1 fully saturated rings. The monoisotopic (exact) mass is 275 g/mol. The predicted molar refractivity (Wildman–Crippen MR) is 86.2 cm³/mol. The van der Waals surface area contributed by atoms with Crippen LogP contribution in [-0.2, 0) is 6.54 Å². The Morgan fingerprint density at radius 3 is 2.50 bits per heavy atom. The number of nitrogens with one attached hydrogen (secondary N) is 1. The Hall–Kier alpha value is -1.09. The van der Waals surface area contributed by atoms with Gasteiger partial charge in [-0.05, 0) is 49.4 Å². The van der Waals surface area contributed by atoms with Gasteiger partial charge in [0.1, 0.15) is 5.82 Å². The number of aromatic nitrogens is 1. The number of hydrogen-bond acceptors (Lipinski definition) is 3. The van der Waals surface area contributed by atoms with Crippen LogP contribution in [0.3, 0.4) is 0 Å². The summed E-state index contributed by atoms with van der Waals surface area (Å²) in [5.41, 5.74) is 2.61. The molecule has 0 aliphatic carbocycles. The second-order valence-corrected chi connectivity index (χ2v) is 6.41. The van der Waals surface area contributed by atoms with Gasteiger partial charge in [0, 0.05) is 25.8 Å². The van der Waals surface area contributed by atoms with E-state index in [4.69, 9.17) is 4.98 Å². The van der Waals surface area contributed by atoms with Crippen LogP contribution in [0, 0.1) is 12.8 Å². The fourth-order valence-electron chi connectivity index (χ4n) is 2.84. The summed E-state index contributed by atoms with van der Waals surface area (Å²) in [6.45, 7) is 11.0. The highest BCUT2D eigenvalue weighted by Gasteiger charge is 2.13. The van der Waals surface area contributed by atoms with E-state index < -0.39 is 0 Å². The summed E-state index contributed by atoms with van der Waals surface area (Å²) in [5, 5.41) is 3.48. The first-order valence-electron chi connectivity index (χ1n) is 8.08. The average Bonchev–Trinajstić information content (AvgIpc) is 2.67. The van der Waals surface area contributed by atoms with E-state index in [1.54, 1.807) is 0 Å². The van der Waals surface area contributed by atoms with Crippen molar-refractivity contribution in [1.29, 1.82) is 0 Å². The van der Waals surface area contributed by atoms with Crippen LogP contribution in [0.1, 0.15) is 50.7 Å². The van der Waals surface area contributed by atoms with E-state index in [9.17, 15) is 0 Å². The third-order valence-electron chi connectivity index (χ3n) is 3.89. The molecule has 1 saturated heterocycles. The van der Waals surface area contributed by atoms with E-state index in [2.05, 4.69) is 37.1 Å². The van der Waals surface area contributed by atoms with Gasteiger partial charge in [-0.2, -0.15) is 0 Å².